The summed E-state index contributed by atoms with van der Waals surface area (Å²) < 4.78 is 2.06. The summed E-state index contributed by atoms with van der Waals surface area (Å²) in [4.78, 5) is 18.8. The van der Waals surface area contributed by atoms with Gasteiger partial charge in [-0.2, -0.15) is 0 Å². The van der Waals surface area contributed by atoms with Gasteiger partial charge in [0.25, 0.3) is 5.69 Å². The topological polar surface area (TPSA) is 63.7 Å². The molecule has 3 aromatic rings. The summed E-state index contributed by atoms with van der Waals surface area (Å²) in [7, 11) is 0. The van der Waals surface area contributed by atoms with Crippen molar-refractivity contribution in [2.24, 2.45) is 0 Å². The quantitative estimate of drug-likeness (QED) is 0.542. The molecule has 7 heteroatoms. The lowest BCUT2D eigenvalue weighted by Crippen LogP contribution is -2.19. The molecule has 0 amide bonds. The summed E-state index contributed by atoms with van der Waals surface area (Å²) in [6.45, 7) is 3.19. The van der Waals surface area contributed by atoms with Crippen LogP contribution in [0.5, 0.6) is 0 Å². The van der Waals surface area contributed by atoms with Gasteiger partial charge in [0.1, 0.15) is 0 Å². The number of fused-ring (bicyclic) bond motifs is 1. The predicted molar refractivity (Wildman–Crippen MR) is 89.7 cm³/mol. The molecule has 1 aliphatic heterocycles. The maximum Gasteiger partial charge on any atom is 0.278 e. The molecule has 1 aliphatic rings. The molecule has 0 aliphatic carbocycles. The van der Waals surface area contributed by atoms with Gasteiger partial charge in [0.05, 0.1) is 16.2 Å². The molecular formula is C16H16N4O2S. The molecule has 1 saturated heterocycles. The summed E-state index contributed by atoms with van der Waals surface area (Å²) in [6.07, 6.45) is 4.44. The Bertz CT molecular complexity index is 864. The van der Waals surface area contributed by atoms with Gasteiger partial charge in [-0.1, -0.05) is 12.1 Å². The van der Waals surface area contributed by atoms with E-state index in [0.717, 1.165) is 24.6 Å². The van der Waals surface area contributed by atoms with Crippen LogP contribution in [-0.4, -0.2) is 32.3 Å². The zero-order valence-corrected chi connectivity index (χ0v) is 13.3. The molecule has 1 aromatic carbocycles. The number of aromatic nitrogens is 2. The first-order valence-corrected chi connectivity index (χ1v) is 8.52. The zero-order valence-electron chi connectivity index (χ0n) is 12.5. The highest BCUT2D eigenvalue weighted by atomic mass is 32.1. The van der Waals surface area contributed by atoms with Gasteiger partial charge in [0.15, 0.2) is 4.96 Å². The number of benzene rings is 1. The first kappa shape index (κ1) is 14.3. The number of hydrogen-bond acceptors (Lipinski definition) is 5. The van der Waals surface area contributed by atoms with Crippen molar-refractivity contribution in [1.29, 1.82) is 0 Å². The Kier molecular flexibility index (Phi) is 3.59. The molecule has 0 spiro atoms. The second-order valence-corrected chi connectivity index (χ2v) is 6.60. The van der Waals surface area contributed by atoms with Crippen LogP contribution in [-0.2, 0) is 6.54 Å². The number of likely N-dealkylation sites (tertiary alicyclic amines) is 1. The highest BCUT2D eigenvalue weighted by Gasteiger charge is 2.19. The molecule has 1 fully saturated rings. The van der Waals surface area contributed by atoms with E-state index in [9.17, 15) is 10.1 Å². The highest BCUT2D eigenvalue weighted by molar-refractivity contribution is 7.15. The van der Waals surface area contributed by atoms with Crippen molar-refractivity contribution in [2.45, 2.75) is 19.4 Å². The van der Waals surface area contributed by atoms with E-state index in [1.54, 1.807) is 29.5 Å². The second-order valence-electron chi connectivity index (χ2n) is 5.76. The molecule has 6 nitrogen and oxygen atoms in total. The van der Waals surface area contributed by atoms with Crippen LogP contribution in [0.2, 0.25) is 0 Å². The van der Waals surface area contributed by atoms with Crippen molar-refractivity contribution in [1.82, 2.24) is 14.3 Å². The Morgan fingerprint density at radius 2 is 2.04 bits per heavy atom. The summed E-state index contributed by atoms with van der Waals surface area (Å²) in [6, 6.07) is 6.76. The summed E-state index contributed by atoms with van der Waals surface area (Å²) in [5.41, 5.74) is 2.52. The Hall–Kier alpha value is -2.25. The Labute approximate surface area is 137 Å². The van der Waals surface area contributed by atoms with Gasteiger partial charge >= 0.3 is 0 Å². The summed E-state index contributed by atoms with van der Waals surface area (Å²) in [5.74, 6) is 0. The van der Waals surface area contributed by atoms with E-state index >= 15 is 0 Å². The molecule has 0 saturated carbocycles. The molecule has 0 bridgehead atoms. The molecule has 0 radical (unpaired) electrons. The van der Waals surface area contributed by atoms with Gasteiger partial charge in [-0.3, -0.25) is 19.4 Å². The van der Waals surface area contributed by atoms with Crippen LogP contribution >= 0.6 is 11.3 Å². The number of imidazole rings is 1. The second kappa shape index (κ2) is 5.75. The molecule has 118 valence electrons. The number of nitro groups is 1. The fourth-order valence-corrected chi connectivity index (χ4v) is 3.96. The smallest absolute Gasteiger partial charge is 0.278 e. The summed E-state index contributed by atoms with van der Waals surface area (Å²) in [5, 5.41) is 13.3. The van der Waals surface area contributed by atoms with Gasteiger partial charge in [-0.15, -0.1) is 11.3 Å². The first-order chi connectivity index (χ1) is 11.2. The fourth-order valence-electron chi connectivity index (χ4n) is 3.09. The van der Waals surface area contributed by atoms with Gasteiger partial charge in [0, 0.05) is 29.9 Å². The molecule has 0 N–H and O–H groups in total. The van der Waals surface area contributed by atoms with Crippen LogP contribution in [0.25, 0.3) is 16.2 Å². The maximum absolute atomic E-state index is 11.2. The van der Waals surface area contributed by atoms with Crippen molar-refractivity contribution in [3.63, 3.8) is 0 Å². The number of hydrogen-bond donors (Lipinski definition) is 0. The van der Waals surface area contributed by atoms with Crippen LogP contribution < -0.4 is 0 Å². The molecule has 23 heavy (non-hydrogen) atoms. The number of nitrogens with zero attached hydrogens (tertiary/aromatic N) is 4. The van der Waals surface area contributed by atoms with E-state index in [1.807, 2.05) is 6.20 Å². The number of para-hydroxylation sites is 1. The van der Waals surface area contributed by atoms with Crippen LogP contribution in [0.15, 0.2) is 35.8 Å². The predicted octanol–water partition coefficient (Wildman–Crippen LogP) is 3.57. The van der Waals surface area contributed by atoms with Crippen LogP contribution in [0.3, 0.4) is 0 Å². The lowest BCUT2D eigenvalue weighted by molar-refractivity contribution is -0.384. The molecule has 4 rings (SSSR count). The monoisotopic (exact) mass is 328 g/mol. The van der Waals surface area contributed by atoms with Crippen molar-refractivity contribution in [3.8, 4) is 11.3 Å². The van der Waals surface area contributed by atoms with E-state index < -0.39 is 0 Å². The van der Waals surface area contributed by atoms with Crippen molar-refractivity contribution < 1.29 is 4.92 Å². The molecule has 0 unspecified atom stereocenters. The normalized spacial score (nSPS) is 15.5. The fraction of sp³-hybridized carbons (Fsp3) is 0.312. The third-order valence-corrected chi connectivity index (χ3v) is 5.13. The SMILES string of the molecule is O=[N+]([O-])c1ccccc1-c1cn2c(CN3CCCC3)csc2n1. The van der Waals surface area contributed by atoms with E-state index in [-0.39, 0.29) is 10.6 Å². The third-order valence-electron chi connectivity index (χ3n) is 4.24. The van der Waals surface area contributed by atoms with Crippen LogP contribution in [0.1, 0.15) is 18.5 Å². The third kappa shape index (κ3) is 2.62. The lowest BCUT2D eigenvalue weighted by atomic mass is 10.1. The molecule has 2 aromatic heterocycles. The number of nitro benzene ring substituents is 1. The molecule has 0 atom stereocenters. The minimum absolute atomic E-state index is 0.0966. The average Bonchev–Trinajstić information content (AvgIpc) is 3.26. The van der Waals surface area contributed by atoms with Gasteiger partial charge < -0.3 is 0 Å². The van der Waals surface area contributed by atoms with Crippen molar-refractivity contribution in [3.05, 3.63) is 51.7 Å². The number of thiazole rings is 1. The molecular weight excluding hydrogens is 312 g/mol. The maximum atomic E-state index is 11.2. The largest absolute Gasteiger partial charge is 0.298 e. The minimum Gasteiger partial charge on any atom is -0.298 e. The van der Waals surface area contributed by atoms with Crippen LogP contribution in [0, 0.1) is 10.1 Å². The molecule has 3 heterocycles. The van der Waals surface area contributed by atoms with E-state index in [0.29, 0.717) is 11.3 Å². The Balaban J connectivity index is 1.72. The van der Waals surface area contributed by atoms with Crippen molar-refractivity contribution in [2.75, 3.05) is 13.1 Å². The van der Waals surface area contributed by atoms with Gasteiger partial charge in [0.2, 0.25) is 0 Å². The van der Waals surface area contributed by atoms with E-state index in [2.05, 4.69) is 19.7 Å². The standard InChI is InChI=1S/C16H16N4O2S/c21-20(22)15-6-2-1-5-13(15)14-10-19-12(11-23-16(19)17-14)9-18-7-3-4-8-18/h1-2,5-6,10-11H,3-4,7-9H2. The average molecular weight is 328 g/mol. The minimum atomic E-state index is -0.353. The Morgan fingerprint density at radius 3 is 2.83 bits per heavy atom. The first-order valence-electron chi connectivity index (χ1n) is 7.64. The summed E-state index contributed by atoms with van der Waals surface area (Å²) >= 11 is 1.58. The van der Waals surface area contributed by atoms with Gasteiger partial charge in [-0.25, -0.2) is 4.98 Å². The van der Waals surface area contributed by atoms with E-state index in [1.165, 1.54) is 24.6 Å². The van der Waals surface area contributed by atoms with Gasteiger partial charge in [-0.05, 0) is 32.0 Å². The van der Waals surface area contributed by atoms with Crippen LogP contribution in [0.4, 0.5) is 5.69 Å². The lowest BCUT2D eigenvalue weighted by Gasteiger charge is -2.13. The van der Waals surface area contributed by atoms with E-state index in [4.69, 9.17) is 0 Å². The van der Waals surface area contributed by atoms with Crippen molar-refractivity contribution >= 4 is 22.0 Å². The Morgan fingerprint density at radius 1 is 1.26 bits per heavy atom. The number of rotatable bonds is 4. The zero-order chi connectivity index (χ0) is 15.8. The highest BCUT2D eigenvalue weighted by Crippen LogP contribution is 2.31.